The molecule has 0 spiro atoms. The van der Waals surface area contributed by atoms with Crippen LogP contribution in [-0.4, -0.2) is 35.8 Å². The molecule has 0 saturated carbocycles. The summed E-state index contributed by atoms with van der Waals surface area (Å²) in [6.45, 7) is 0.334. The lowest BCUT2D eigenvalue weighted by Gasteiger charge is -2.12. The molecule has 0 atom stereocenters. The third-order valence-electron chi connectivity index (χ3n) is 2.65. The predicted octanol–water partition coefficient (Wildman–Crippen LogP) is 2.82. The van der Waals surface area contributed by atoms with Crippen LogP contribution in [0, 0.1) is 0 Å². The van der Waals surface area contributed by atoms with E-state index in [0.29, 0.717) is 24.5 Å². The number of rotatable bonds is 6. The Morgan fingerprint density at radius 1 is 1.00 bits per heavy atom. The third-order valence-corrected chi connectivity index (χ3v) is 2.99. The largest absolute Gasteiger partial charge is 0.493 e. The van der Waals surface area contributed by atoms with Crippen molar-refractivity contribution in [1.29, 1.82) is 0 Å². The van der Waals surface area contributed by atoms with E-state index in [1.807, 2.05) is 18.2 Å². The molecule has 6 nitrogen and oxygen atoms in total. The van der Waals surface area contributed by atoms with Gasteiger partial charge in [0.2, 0.25) is 10.6 Å². The summed E-state index contributed by atoms with van der Waals surface area (Å²) in [4.78, 5) is 11.3. The first kappa shape index (κ1) is 15.6. The van der Waals surface area contributed by atoms with E-state index in [0.717, 1.165) is 5.56 Å². The fourth-order valence-electron chi connectivity index (χ4n) is 1.78. The Morgan fingerprint density at radius 2 is 1.71 bits per heavy atom. The van der Waals surface area contributed by atoms with Crippen LogP contribution in [0.25, 0.3) is 0 Å². The van der Waals surface area contributed by atoms with Gasteiger partial charge in [0.25, 0.3) is 0 Å². The first-order chi connectivity index (χ1) is 10.1. The molecule has 0 bridgehead atoms. The van der Waals surface area contributed by atoms with Gasteiger partial charge < -0.3 is 14.2 Å². The molecule has 0 amide bonds. The summed E-state index contributed by atoms with van der Waals surface area (Å²) in [5, 5.41) is -0.0204. The van der Waals surface area contributed by atoms with E-state index in [1.165, 1.54) is 0 Å². The van der Waals surface area contributed by atoms with Crippen molar-refractivity contribution in [3.8, 4) is 17.5 Å². The first-order valence-corrected chi connectivity index (χ1v) is 6.79. The number of benzene rings is 1. The van der Waals surface area contributed by atoms with E-state index in [4.69, 9.17) is 37.4 Å². The number of methoxy groups -OCH3 is 2. The smallest absolute Gasteiger partial charge is 0.322 e. The molecule has 0 aliphatic rings. The summed E-state index contributed by atoms with van der Waals surface area (Å²) in [5.74, 6) is 1.34. The van der Waals surface area contributed by atoms with Gasteiger partial charge in [-0.25, -0.2) is 0 Å². The zero-order valence-electron chi connectivity index (χ0n) is 11.5. The maximum atomic E-state index is 5.67. The molecule has 112 valence electrons. The summed E-state index contributed by atoms with van der Waals surface area (Å²) in [6, 6.07) is 5.72. The molecule has 2 aromatic rings. The van der Waals surface area contributed by atoms with Gasteiger partial charge in [0, 0.05) is 12.0 Å². The van der Waals surface area contributed by atoms with Gasteiger partial charge in [-0.15, -0.1) is 0 Å². The monoisotopic (exact) mass is 329 g/mol. The number of aromatic nitrogens is 3. The highest BCUT2D eigenvalue weighted by Crippen LogP contribution is 2.30. The molecule has 0 unspecified atom stereocenters. The molecule has 21 heavy (non-hydrogen) atoms. The quantitative estimate of drug-likeness (QED) is 0.811. The number of halogens is 2. The lowest BCUT2D eigenvalue weighted by molar-refractivity contribution is 0.291. The van der Waals surface area contributed by atoms with Crippen molar-refractivity contribution in [2.24, 2.45) is 0 Å². The van der Waals surface area contributed by atoms with E-state index in [1.54, 1.807) is 14.2 Å². The Labute approximate surface area is 132 Å². The normalized spacial score (nSPS) is 10.3. The molecule has 0 radical (unpaired) electrons. The number of nitrogens with zero attached hydrogens (tertiary/aromatic N) is 3. The molecule has 8 heteroatoms. The average molecular weight is 330 g/mol. The van der Waals surface area contributed by atoms with Crippen LogP contribution in [0.1, 0.15) is 5.56 Å². The van der Waals surface area contributed by atoms with Crippen molar-refractivity contribution in [2.75, 3.05) is 20.8 Å². The number of hydrogen-bond acceptors (Lipinski definition) is 6. The van der Waals surface area contributed by atoms with Gasteiger partial charge in [0.15, 0.2) is 11.5 Å². The second-order valence-electron chi connectivity index (χ2n) is 3.91. The van der Waals surface area contributed by atoms with Gasteiger partial charge in [-0.3, -0.25) is 0 Å². The van der Waals surface area contributed by atoms with Gasteiger partial charge >= 0.3 is 6.01 Å². The topological polar surface area (TPSA) is 66.4 Å². The van der Waals surface area contributed by atoms with Crippen LogP contribution in [-0.2, 0) is 6.42 Å². The Balaban J connectivity index is 2.03. The molecule has 0 saturated heterocycles. The van der Waals surface area contributed by atoms with Gasteiger partial charge in [0.1, 0.15) is 0 Å². The number of hydrogen-bond donors (Lipinski definition) is 0. The van der Waals surface area contributed by atoms with Crippen LogP contribution in [0.5, 0.6) is 17.5 Å². The lowest BCUT2D eigenvalue weighted by Crippen LogP contribution is -2.06. The number of ether oxygens (including phenoxy) is 3. The first-order valence-electron chi connectivity index (χ1n) is 6.03. The zero-order chi connectivity index (χ0) is 15.2. The SMILES string of the molecule is COc1cccc(CCOc2nc(Cl)nc(Cl)n2)c1OC. The summed E-state index contributed by atoms with van der Waals surface area (Å²) in [6.07, 6.45) is 0.585. The Hall–Kier alpha value is -1.79. The van der Waals surface area contributed by atoms with Gasteiger partial charge in [-0.05, 0) is 29.3 Å². The maximum absolute atomic E-state index is 5.67. The van der Waals surface area contributed by atoms with Crippen LogP contribution >= 0.6 is 23.2 Å². The number of para-hydroxylation sites is 1. The summed E-state index contributed by atoms with van der Waals surface area (Å²) in [7, 11) is 3.18. The Morgan fingerprint density at radius 3 is 2.33 bits per heavy atom. The highest BCUT2D eigenvalue weighted by Gasteiger charge is 2.10. The molecular formula is C13H13Cl2N3O3. The van der Waals surface area contributed by atoms with Gasteiger partial charge in [0.05, 0.1) is 20.8 Å². The second-order valence-corrected chi connectivity index (χ2v) is 4.58. The van der Waals surface area contributed by atoms with Crippen LogP contribution in [0.4, 0.5) is 0 Å². The minimum Gasteiger partial charge on any atom is -0.493 e. The maximum Gasteiger partial charge on any atom is 0.322 e. The zero-order valence-corrected chi connectivity index (χ0v) is 13.0. The Bertz CT molecular complexity index is 605. The third kappa shape index (κ3) is 4.09. The second kappa shape index (κ2) is 7.28. The highest BCUT2D eigenvalue weighted by molar-refractivity contribution is 6.31. The highest BCUT2D eigenvalue weighted by atomic mass is 35.5. The molecule has 1 aromatic carbocycles. The summed E-state index contributed by atoms with van der Waals surface area (Å²) >= 11 is 11.3. The summed E-state index contributed by atoms with van der Waals surface area (Å²) < 4.78 is 16.0. The van der Waals surface area contributed by atoms with Gasteiger partial charge in [-0.2, -0.15) is 15.0 Å². The average Bonchev–Trinajstić information content (AvgIpc) is 2.45. The van der Waals surface area contributed by atoms with E-state index < -0.39 is 0 Å². The van der Waals surface area contributed by atoms with Crippen LogP contribution in [0.15, 0.2) is 18.2 Å². The van der Waals surface area contributed by atoms with Crippen molar-refractivity contribution in [3.63, 3.8) is 0 Å². The fraction of sp³-hybridized carbons (Fsp3) is 0.308. The predicted molar refractivity (Wildman–Crippen MR) is 78.6 cm³/mol. The standard InChI is InChI=1S/C13H13Cl2N3O3/c1-19-9-5-3-4-8(10(9)20-2)6-7-21-13-17-11(14)16-12(15)18-13/h3-5H,6-7H2,1-2H3. The molecule has 2 rings (SSSR count). The van der Waals surface area contributed by atoms with Crippen molar-refractivity contribution >= 4 is 23.2 Å². The minimum atomic E-state index is -0.0102. The van der Waals surface area contributed by atoms with Crippen LogP contribution in [0.3, 0.4) is 0 Å². The molecule has 0 aliphatic carbocycles. The van der Waals surface area contributed by atoms with Crippen molar-refractivity contribution < 1.29 is 14.2 Å². The van der Waals surface area contributed by atoms with E-state index in [2.05, 4.69) is 15.0 Å². The molecule has 1 aromatic heterocycles. The molecular weight excluding hydrogens is 317 g/mol. The minimum absolute atomic E-state index is 0.0102. The lowest BCUT2D eigenvalue weighted by atomic mass is 10.1. The van der Waals surface area contributed by atoms with E-state index >= 15 is 0 Å². The summed E-state index contributed by atoms with van der Waals surface area (Å²) in [5.41, 5.74) is 0.947. The Kier molecular flexibility index (Phi) is 5.41. The van der Waals surface area contributed by atoms with Crippen LogP contribution < -0.4 is 14.2 Å². The molecule has 0 fully saturated rings. The van der Waals surface area contributed by atoms with E-state index in [-0.39, 0.29) is 16.6 Å². The van der Waals surface area contributed by atoms with Crippen molar-refractivity contribution in [2.45, 2.75) is 6.42 Å². The fourth-order valence-corrected chi connectivity index (χ4v) is 2.12. The molecule has 0 N–H and O–H groups in total. The van der Waals surface area contributed by atoms with Crippen LogP contribution in [0.2, 0.25) is 10.6 Å². The molecule has 1 heterocycles. The van der Waals surface area contributed by atoms with E-state index in [9.17, 15) is 0 Å². The molecule has 0 aliphatic heterocycles. The van der Waals surface area contributed by atoms with Crippen molar-refractivity contribution in [3.05, 3.63) is 34.3 Å². The van der Waals surface area contributed by atoms with Gasteiger partial charge in [-0.1, -0.05) is 12.1 Å². The van der Waals surface area contributed by atoms with Crippen molar-refractivity contribution in [1.82, 2.24) is 15.0 Å².